The molecule has 0 radical (unpaired) electrons. The molecule has 4 saturated carbocycles. The third kappa shape index (κ3) is 3.13. The first-order valence-electron chi connectivity index (χ1n) is 12.5. The molecule has 0 saturated heterocycles. The SMILES string of the molecule is CC(=O)OC1CCC2(C)C3CCC4(C)C(CCC4C(C)(C)C)C3CCC2C1(C)C. The van der Waals surface area contributed by atoms with E-state index in [-0.39, 0.29) is 17.5 Å². The van der Waals surface area contributed by atoms with Gasteiger partial charge in [0.15, 0.2) is 0 Å². The molecule has 4 aliphatic carbocycles. The normalized spacial score (nSPS) is 49.0. The molecule has 8 atom stereocenters. The monoisotopic (exact) mass is 402 g/mol. The number of esters is 1. The Morgan fingerprint density at radius 2 is 1.45 bits per heavy atom. The van der Waals surface area contributed by atoms with Crippen molar-refractivity contribution in [1.82, 2.24) is 0 Å². The lowest BCUT2D eigenvalue weighted by Crippen LogP contribution is -2.60. The first-order valence-corrected chi connectivity index (χ1v) is 12.5. The highest BCUT2D eigenvalue weighted by atomic mass is 16.5. The van der Waals surface area contributed by atoms with E-state index in [2.05, 4.69) is 48.5 Å². The Morgan fingerprint density at radius 3 is 2.07 bits per heavy atom. The topological polar surface area (TPSA) is 26.3 Å². The molecule has 0 amide bonds. The zero-order chi connectivity index (χ0) is 21.4. The standard InChI is InChI=1S/C27H46O2/c1-17(28)29-23-14-16-27(8)20-13-15-26(7)19(10-12-21(26)24(2,3)4)18(20)9-11-22(27)25(23,5)6/h18-23H,9-16H2,1-8H3. The second-order valence-corrected chi connectivity index (χ2v) is 13.5. The Kier molecular flexibility index (Phi) is 5.04. The van der Waals surface area contributed by atoms with E-state index in [0.29, 0.717) is 22.2 Å². The first-order chi connectivity index (χ1) is 13.3. The third-order valence-electron chi connectivity index (χ3n) is 10.9. The van der Waals surface area contributed by atoms with Crippen molar-refractivity contribution >= 4 is 5.97 Å². The number of ether oxygens (including phenoxy) is 1. The molecule has 8 unspecified atom stereocenters. The molecule has 0 aromatic carbocycles. The summed E-state index contributed by atoms with van der Waals surface area (Å²) in [5.41, 5.74) is 1.49. The Hall–Kier alpha value is -0.530. The second kappa shape index (κ2) is 6.73. The van der Waals surface area contributed by atoms with Gasteiger partial charge in [0, 0.05) is 12.3 Å². The van der Waals surface area contributed by atoms with E-state index in [0.717, 1.165) is 30.1 Å². The van der Waals surface area contributed by atoms with Gasteiger partial charge in [0.1, 0.15) is 6.10 Å². The van der Waals surface area contributed by atoms with Crippen molar-refractivity contribution in [1.29, 1.82) is 0 Å². The lowest BCUT2D eigenvalue weighted by atomic mass is 9.40. The van der Waals surface area contributed by atoms with Crippen LogP contribution in [0.15, 0.2) is 0 Å². The summed E-state index contributed by atoms with van der Waals surface area (Å²) in [7, 11) is 0. The van der Waals surface area contributed by atoms with E-state index in [1.807, 2.05) is 0 Å². The third-order valence-corrected chi connectivity index (χ3v) is 10.9. The predicted molar refractivity (Wildman–Crippen MR) is 119 cm³/mol. The van der Waals surface area contributed by atoms with E-state index in [1.54, 1.807) is 6.92 Å². The fraction of sp³-hybridized carbons (Fsp3) is 0.963. The summed E-state index contributed by atoms with van der Waals surface area (Å²) in [6.07, 6.45) is 10.9. The molecule has 0 bridgehead atoms. The first kappa shape index (κ1) is 21.7. The van der Waals surface area contributed by atoms with Crippen LogP contribution in [0.2, 0.25) is 0 Å². The average molecular weight is 403 g/mol. The zero-order valence-electron chi connectivity index (χ0n) is 20.4. The fourth-order valence-corrected chi connectivity index (χ4v) is 9.91. The van der Waals surface area contributed by atoms with Crippen molar-refractivity contribution in [3.8, 4) is 0 Å². The van der Waals surface area contributed by atoms with Crippen LogP contribution in [-0.4, -0.2) is 12.1 Å². The van der Waals surface area contributed by atoms with Gasteiger partial charge in [-0.25, -0.2) is 0 Å². The van der Waals surface area contributed by atoms with Gasteiger partial charge in [-0.2, -0.15) is 0 Å². The minimum atomic E-state index is -0.104. The van der Waals surface area contributed by atoms with Crippen molar-refractivity contribution in [3.05, 3.63) is 0 Å². The average Bonchev–Trinajstić information content (AvgIpc) is 2.95. The Balaban J connectivity index is 1.61. The van der Waals surface area contributed by atoms with Gasteiger partial charge < -0.3 is 4.74 Å². The van der Waals surface area contributed by atoms with Crippen LogP contribution in [0.4, 0.5) is 0 Å². The molecule has 0 spiro atoms. The lowest BCUT2D eigenvalue weighted by Gasteiger charge is -2.65. The zero-order valence-corrected chi connectivity index (χ0v) is 20.4. The van der Waals surface area contributed by atoms with E-state index in [9.17, 15) is 4.79 Å². The number of carbonyl (C=O) groups excluding carboxylic acids is 1. The highest BCUT2D eigenvalue weighted by molar-refractivity contribution is 5.66. The van der Waals surface area contributed by atoms with Crippen LogP contribution in [0.25, 0.3) is 0 Å². The van der Waals surface area contributed by atoms with Gasteiger partial charge in [0.05, 0.1) is 0 Å². The summed E-state index contributed by atoms with van der Waals surface area (Å²) in [5, 5.41) is 0. The van der Waals surface area contributed by atoms with Crippen molar-refractivity contribution < 1.29 is 9.53 Å². The highest BCUT2D eigenvalue weighted by Gasteiger charge is 2.64. The van der Waals surface area contributed by atoms with Gasteiger partial charge in [-0.15, -0.1) is 0 Å². The van der Waals surface area contributed by atoms with Gasteiger partial charge in [0.2, 0.25) is 0 Å². The number of hydrogen-bond donors (Lipinski definition) is 0. The number of rotatable bonds is 1. The molecule has 0 N–H and O–H groups in total. The Bertz CT molecular complexity index is 658. The van der Waals surface area contributed by atoms with E-state index < -0.39 is 0 Å². The molecule has 166 valence electrons. The number of fused-ring (bicyclic) bond motifs is 5. The van der Waals surface area contributed by atoms with Crippen LogP contribution in [0, 0.1) is 51.2 Å². The van der Waals surface area contributed by atoms with Crippen LogP contribution in [0.3, 0.4) is 0 Å². The minimum Gasteiger partial charge on any atom is -0.462 e. The molecule has 0 aliphatic heterocycles. The predicted octanol–water partition coefficient (Wildman–Crippen LogP) is 7.26. The molecule has 4 rings (SSSR count). The Labute approximate surface area is 179 Å². The molecule has 0 heterocycles. The second-order valence-electron chi connectivity index (χ2n) is 13.5. The lowest BCUT2D eigenvalue weighted by molar-refractivity contribution is -0.196. The van der Waals surface area contributed by atoms with Crippen molar-refractivity contribution in [2.24, 2.45) is 51.2 Å². The molecular formula is C27H46O2. The maximum absolute atomic E-state index is 11.7. The Morgan fingerprint density at radius 1 is 0.828 bits per heavy atom. The van der Waals surface area contributed by atoms with Gasteiger partial charge in [-0.3, -0.25) is 4.79 Å². The van der Waals surface area contributed by atoms with Crippen LogP contribution in [-0.2, 0) is 9.53 Å². The summed E-state index contributed by atoms with van der Waals surface area (Å²) in [5.74, 6) is 4.17. The van der Waals surface area contributed by atoms with Crippen LogP contribution in [0.5, 0.6) is 0 Å². The molecule has 2 nitrogen and oxygen atoms in total. The van der Waals surface area contributed by atoms with Gasteiger partial charge in [0.25, 0.3) is 0 Å². The molecule has 4 aliphatic rings. The molecule has 29 heavy (non-hydrogen) atoms. The summed E-state index contributed by atoms with van der Waals surface area (Å²) < 4.78 is 5.83. The van der Waals surface area contributed by atoms with E-state index in [4.69, 9.17) is 4.74 Å². The number of carbonyl (C=O) groups is 1. The quantitative estimate of drug-likeness (QED) is 0.431. The smallest absolute Gasteiger partial charge is 0.302 e. The van der Waals surface area contributed by atoms with Gasteiger partial charge in [-0.1, -0.05) is 48.5 Å². The minimum absolute atomic E-state index is 0.0913. The number of hydrogen-bond acceptors (Lipinski definition) is 2. The fourth-order valence-electron chi connectivity index (χ4n) is 9.91. The summed E-state index contributed by atoms with van der Waals surface area (Å²) >= 11 is 0. The van der Waals surface area contributed by atoms with Crippen molar-refractivity contribution in [2.45, 2.75) is 113 Å². The molecule has 2 heteroatoms. The largest absolute Gasteiger partial charge is 0.462 e. The van der Waals surface area contributed by atoms with Crippen LogP contribution >= 0.6 is 0 Å². The highest BCUT2D eigenvalue weighted by Crippen LogP contribution is 2.71. The van der Waals surface area contributed by atoms with Gasteiger partial charge in [-0.05, 0) is 97.2 Å². The van der Waals surface area contributed by atoms with Gasteiger partial charge >= 0.3 is 5.97 Å². The summed E-state index contributed by atoms with van der Waals surface area (Å²) in [4.78, 5) is 11.7. The summed E-state index contributed by atoms with van der Waals surface area (Å²) in [6.45, 7) is 19.1. The molecule has 4 fully saturated rings. The molecular weight excluding hydrogens is 356 g/mol. The van der Waals surface area contributed by atoms with Crippen molar-refractivity contribution in [3.63, 3.8) is 0 Å². The van der Waals surface area contributed by atoms with Crippen molar-refractivity contribution in [2.75, 3.05) is 0 Å². The molecule has 0 aromatic rings. The van der Waals surface area contributed by atoms with Crippen LogP contribution in [0.1, 0.15) is 107 Å². The summed E-state index contributed by atoms with van der Waals surface area (Å²) in [6, 6.07) is 0. The van der Waals surface area contributed by atoms with E-state index >= 15 is 0 Å². The van der Waals surface area contributed by atoms with Crippen LogP contribution < -0.4 is 0 Å². The maximum atomic E-state index is 11.7. The maximum Gasteiger partial charge on any atom is 0.302 e. The van der Waals surface area contributed by atoms with E-state index in [1.165, 1.54) is 44.9 Å². The molecule has 0 aromatic heterocycles.